The summed E-state index contributed by atoms with van der Waals surface area (Å²) in [4.78, 5) is 17.7. The summed E-state index contributed by atoms with van der Waals surface area (Å²) in [6.45, 7) is 0.963. The second-order valence-corrected chi connectivity index (χ2v) is 7.38. The Hall–Kier alpha value is -3.67. The molecule has 0 bridgehead atoms. The van der Waals surface area contributed by atoms with Crippen LogP contribution in [-0.2, 0) is 15.1 Å². The van der Waals surface area contributed by atoms with Crippen LogP contribution in [0.4, 0.5) is 11.4 Å². The van der Waals surface area contributed by atoms with E-state index in [1.54, 1.807) is 14.2 Å². The van der Waals surface area contributed by atoms with Gasteiger partial charge in [-0.2, -0.15) is 0 Å². The van der Waals surface area contributed by atoms with Crippen molar-refractivity contribution < 1.29 is 19.0 Å². The minimum atomic E-state index is -0.996. The highest BCUT2D eigenvalue weighted by molar-refractivity contribution is 5.89. The van der Waals surface area contributed by atoms with Gasteiger partial charge in [-0.25, -0.2) is 4.79 Å². The van der Waals surface area contributed by atoms with E-state index in [4.69, 9.17) is 14.2 Å². The number of methoxy groups -OCH3 is 3. The molecule has 1 unspecified atom stereocenters. The molecule has 0 amide bonds. The molecular weight excluding hydrogens is 392 g/mol. The van der Waals surface area contributed by atoms with E-state index in [0.717, 1.165) is 28.4 Å². The summed E-state index contributed by atoms with van der Waals surface area (Å²) in [5, 5.41) is 0. The van der Waals surface area contributed by atoms with E-state index in [1.807, 2.05) is 78.9 Å². The summed E-state index contributed by atoms with van der Waals surface area (Å²) in [7, 11) is 4.72. The van der Waals surface area contributed by atoms with E-state index in [2.05, 4.69) is 9.80 Å². The highest BCUT2D eigenvalue weighted by Gasteiger charge is 2.53. The van der Waals surface area contributed by atoms with Crippen molar-refractivity contribution in [3.8, 4) is 11.5 Å². The molecule has 1 aliphatic rings. The summed E-state index contributed by atoms with van der Waals surface area (Å²) in [6, 6.07) is 25.4. The minimum absolute atomic E-state index is 0.300. The lowest BCUT2D eigenvalue weighted by Gasteiger charge is -2.36. The minimum Gasteiger partial charge on any atom is -0.497 e. The normalized spacial score (nSPS) is 18.0. The van der Waals surface area contributed by atoms with Crippen LogP contribution in [0.2, 0.25) is 0 Å². The summed E-state index contributed by atoms with van der Waals surface area (Å²) in [5.41, 5.74) is 1.80. The van der Waals surface area contributed by atoms with Crippen molar-refractivity contribution in [2.45, 2.75) is 5.54 Å². The van der Waals surface area contributed by atoms with Crippen molar-refractivity contribution in [2.24, 2.45) is 0 Å². The Morgan fingerprint density at radius 3 is 1.84 bits per heavy atom. The van der Waals surface area contributed by atoms with Crippen molar-refractivity contribution in [1.82, 2.24) is 0 Å². The Morgan fingerprint density at radius 2 is 1.32 bits per heavy atom. The van der Waals surface area contributed by atoms with E-state index in [0.29, 0.717) is 13.2 Å². The first-order valence-electron chi connectivity index (χ1n) is 10.1. The van der Waals surface area contributed by atoms with Gasteiger partial charge in [0, 0.05) is 11.4 Å². The first-order valence-corrected chi connectivity index (χ1v) is 10.1. The molecule has 0 saturated carbocycles. The molecule has 6 nitrogen and oxygen atoms in total. The van der Waals surface area contributed by atoms with E-state index in [-0.39, 0.29) is 5.97 Å². The molecule has 3 aromatic rings. The van der Waals surface area contributed by atoms with E-state index in [9.17, 15) is 4.79 Å². The topological polar surface area (TPSA) is 51.2 Å². The van der Waals surface area contributed by atoms with Gasteiger partial charge in [0.15, 0.2) is 5.54 Å². The van der Waals surface area contributed by atoms with E-state index < -0.39 is 5.54 Å². The fourth-order valence-electron chi connectivity index (χ4n) is 4.16. The second-order valence-electron chi connectivity index (χ2n) is 7.38. The Morgan fingerprint density at radius 1 is 0.774 bits per heavy atom. The largest absolute Gasteiger partial charge is 0.497 e. The lowest BCUT2D eigenvalue weighted by Crippen LogP contribution is -2.51. The van der Waals surface area contributed by atoms with Crippen LogP contribution >= 0.6 is 0 Å². The lowest BCUT2D eigenvalue weighted by atomic mass is 9.88. The third-order valence-electron chi connectivity index (χ3n) is 5.79. The molecule has 1 aliphatic heterocycles. The zero-order valence-electron chi connectivity index (χ0n) is 17.9. The third-order valence-corrected chi connectivity index (χ3v) is 5.79. The maximum absolute atomic E-state index is 13.4. The monoisotopic (exact) mass is 418 g/mol. The first kappa shape index (κ1) is 20.6. The molecule has 6 heteroatoms. The van der Waals surface area contributed by atoms with Gasteiger partial charge in [-0.1, -0.05) is 30.3 Å². The predicted molar refractivity (Wildman–Crippen MR) is 121 cm³/mol. The van der Waals surface area contributed by atoms with Crippen LogP contribution < -0.4 is 19.3 Å². The number of rotatable bonds is 6. The number of ether oxygens (including phenoxy) is 3. The average Bonchev–Trinajstić information content (AvgIpc) is 3.26. The Bertz CT molecular complexity index is 1020. The highest BCUT2D eigenvalue weighted by Crippen LogP contribution is 2.42. The van der Waals surface area contributed by atoms with E-state index in [1.165, 1.54) is 7.11 Å². The molecule has 0 aliphatic carbocycles. The number of carbonyl (C=O) groups is 1. The van der Waals surface area contributed by atoms with Crippen LogP contribution in [0.5, 0.6) is 11.5 Å². The fraction of sp³-hybridized carbons (Fsp3) is 0.240. The number of anilines is 2. The predicted octanol–water partition coefficient (Wildman–Crippen LogP) is 4.06. The molecule has 1 heterocycles. The van der Waals surface area contributed by atoms with Gasteiger partial charge in [0.2, 0.25) is 0 Å². The quantitative estimate of drug-likeness (QED) is 0.563. The number of carbonyl (C=O) groups excluding carboxylic acids is 1. The standard InChI is InChI=1S/C25H26N2O4/c1-29-22-13-9-20(10-14-22)26-17-25(24(28)31-3,19-7-5-4-6-8-19)27(18-26)21-11-15-23(30-2)16-12-21/h4-16H,17-18H2,1-3H3. The molecule has 1 fully saturated rings. The molecule has 1 saturated heterocycles. The van der Waals surface area contributed by atoms with Gasteiger partial charge in [0.05, 0.1) is 34.5 Å². The first-order chi connectivity index (χ1) is 15.1. The van der Waals surface area contributed by atoms with Gasteiger partial charge in [-0.05, 0) is 54.1 Å². The second kappa shape index (κ2) is 8.60. The van der Waals surface area contributed by atoms with Crippen LogP contribution in [0, 0.1) is 0 Å². The molecule has 0 spiro atoms. The van der Waals surface area contributed by atoms with E-state index >= 15 is 0 Å². The van der Waals surface area contributed by atoms with Crippen molar-refractivity contribution >= 4 is 17.3 Å². The van der Waals surface area contributed by atoms with Gasteiger partial charge in [-0.15, -0.1) is 0 Å². The molecule has 31 heavy (non-hydrogen) atoms. The van der Waals surface area contributed by atoms with Crippen molar-refractivity contribution in [2.75, 3.05) is 44.3 Å². The molecule has 0 radical (unpaired) electrons. The maximum Gasteiger partial charge on any atom is 0.338 e. The van der Waals surface area contributed by atoms with Crippen molar-refractivity contribution in [1.29, 1.82) is 0 Å². The van der Waals surface area contributed by atoms with Crippen molar-refractivity contribution in [3.63, 3.8) is 0 Å². The number of hydrogen-bond acceptors (Lipinski definition) is 6. The molecule has 3 aromatic carbocycles. The number of nitrogens with zero attached hydrogens (tertiary/aromatic N) is 2. The Balaban J connectivity index is 1.83. The molecule has 0 aromatic heterocycles. The van der Waals surface area contributed by atoms with Crippen LogP contribution in [0.3, 0.4) is 0 Å². The van der Waals surface area contributed by atoms with Crippen LogP contribution in [-0.4, -0.2) is 40.5 Å². The molecule has 4 rings (SSSR count). The molecule has 0 N–H and O–H groups in total. The lowest BCUT2D eigenvalue weighted by molar-refractivity contribution is -0.146. The number of esters is 1. The third kappa shape index (κ3) is 3.65. The van der Waals surface area contributed by atoms with Gasteiger partial charge in [0.1, 0.15) is 11.5 Å². The van der Waals surface area contributed by atoms with Crippen molar-refractivity contribution in [3.05, 3.63) is 84.4 Å². The average molecular weight is 418 g/mol. The van der Waals surface area contributed by atoms with Crippen LogP contribution in [0.1, 0.15) is 5.56 Å². The SMILES string of the molecule is COC(=O)C1(c2ccccc2)CN(c2ccc(OC)cc2)CN1c1ccc(OC)cc1. The summed E-state index contributed by atoms with van der Waals surface area (Å²) >= 11 is 0. The van der Waals surface area contributed by atoms with Crippen LogP contribution in [0.15, 0.2) is 78.9 Å². The molecule has 1 atom stereocenters. The summed E-state index contributed by atoms with van der Waals surface area (Å²) in [5.74, 6) is 1.25. The fourth-order valence-corrected chi connectivity index (χ4v) is 4.16. The molecule has 160 valence electrons. The molecular formula is C25H26N2O4. The summed E-state index contributed by atoms with van der Waals surface area (Å²) in [6.07, 6.45) is 0. The Labute approximate surface area is 182 Å². The van der Waals surface area contributed by atoms with Crippen LogP contribution in [0.25, 0.3) is 0 Å². The smallest absolute Gasteiger partial charge is 0.338 e. The van der Waals surface area contributed by atoms with Gasteiger partial charge < -0.3 is 24.0 Å². The Kier molecular flexibility index (Phi) is 5.71. The highest BCUT2D eigenvalue weighted by atomic mass is 16.5. The number of benzene rings is 3. The summed E-state index contributed by atoms with van der Waals surface area (Å²) < 4.78 is 16.0. The maximum atomic E-state index is 13.4. The zero-order chi connectivity index (χ0) is 21.8. The van der Waals surface area contributed by atoms with Gasteiger partial charge in [0.25, 0.3) is 0 Å². The number of hydrogen-bond donors (Lipinski definition) is 0. The zero-order valence-corrected chi connectivity index (χ0v) is 17.9. The van der Waals surface area contributed by atoms with Gasteiger partial charge in [-0.3, -0.25) is 0 Å². The van der Waals surface area contributed by atoms with Gasteiger partial charge >= 0.3 is 5.97 Å².